The van der Waals surface area contributed by atoms with Gasteiger partial charge in [-0.25, -0.2) is 4.72 Å². The van der Waals surface area contributed by atoms with E-state index in [-0.39, 0.29) is 0 Å². The zero-order valence-corrected chi connectivity index (χ0v) is 13.6. The predicted octanol–water partition coefficient (Wildman–Crippen LogP) is 0.0940. The summed E-state index contributed by atoms with van der Waals surface area (Å²) in [5, 5.41) is 3.18. The summed E-state index contributed by atoms with van der Waals surface area (Å²) in [4.78, 5) is 2.10. The smallest absolute Gasteiger partial charge is 0.279 e. The van der Waals surface area contributed by atoms with Gasteiger partial charge in [-0.3, -0.25) is 0 Å². The maximum atomic E-state index is 11.9. The van der Waals surface area contributed by atoms with E-state index in [9.17, 15) is 8.42 Å². The second kappa shape index (κ2) is 10.6. The van der Waals surface area contributed by atoms with Crippen molar-refractivity contribution in [2.45, 2.75) is 26.2 Å². The van der Waals surface area contributed by atoms with Crippen molar-refractivity contribution in [1.29, 1.82) is 0 Å². The molecule has 0 aliphatic rings. The summed E-state index contributed by atoms with van der Waals surface area (Å²) in [6, 6.07) is 0. The highest BCUT2D eigenvalue weighted by Gasteiger charge is 2.15. The van der Waals surface area contributed by atoms with Gasteiger partial charge in [0.15, 0.2) is 0 Å². The summed E-state index contributed by atoms with van der Waals surface area (Å²) in [5.41, 5.74) is 0. The van der Waals surface area contributed by atoms with Crippen LogP contribution in [0.2, 0.25) is 0 Å². The molecule has 0 amide bonds. The van der Waals surface area contributed by atoms with Gasteiger partial charge in [-0.1, -0.05) is 6.92 Å². The fourth-order valence-electron chi connectivity index (χ4n) is 1.59. The lowest BCUT2D eigenvalue weighted by Gasteiger charge is -2.18. The Morgan fingerprint density at radius 2 is 1.63 bits per heavy atom. The second-order valence-corrected chi connectivity index (χ2v) is 6.80. The maximum Gasteiger partial charge on any atom is 0.279 e. The molecule has 19 heavy (non-hydrogen) atoms. The number of hydrogen-bond donors (Lipinski definition) is 2. The highest BCUT2D eigenvalue weighted by Crippen LogP contribution is 1.97. The third-order valence-corrected chi connectivity index (χ3v) is 4.38. The van der Waals surface area contributed by atoms with E-state index in [1.165, 1.54) is 4.31 Å². The fraction of sp³-hybridized carbons (Fsp3) is 1.00. The van der Waals surface area contributed by atoms with E-state index in [1.54, 1.807) is 7.05 Å². The first-order valence-corrected chi connectivity index (χ1v) is 8.40. The summed E-state index contributed by atoms with van der Waals surface area (Å²) >= 11 is 0. The van der Waals surface area contributed by atoms with Gasteiger partial charge in [0.2, 0.25) is 0 Å². The van der Waals surface area contributed by atoms with Crippen LogP contribution in [0.25, 0.3) is 0 Å². The minimum Gasteiger partial charge on any atom is -0.317 e. The lowest BCUT2D eigenvalue weighted by Crippen LogP contribution is -2.39. The molecule has 0 unspecified atom stereocenters. The predicted molar refractivity (Wildman–Crippen MR) is 80.5 cm³/mol. The van der Waals surface area contributed by atoms with Gasteiger partial charge in [-0.15, -0.1) is 0 Å². The van der Waals surface area contributed by atoms with E-state index in [1.807, 2.05) is 21.0 Å². The minimum atomic E-state index is -3.31. The second-order valence-electron chi connectivity index (χ2n) is 4.94. The van der Waals surface area contributed by atoms with Crippen molar-refractivity contribution in [3.05, 3.63) is 0 Å². The summed E-state index contributed by atoms with van der Waals surface area (Å²) in [7, 11) is 2.35. The number of nitrogens with one attached hydrogen (secondary N) is 2. The van der Waals surface area contributed by atoms with Crippen LogP contribution in [0.15, 0.2) is 0 Å². The number of hydrogen-bond acceptors (Lipinski definition) is 4. The van der Waals surface area contributed by atoms with Gasteiger partial charge in [0.1, 0.15) is 0 Å². The van der Waals surface area contributed by atoms with Crippen molar-refractivity contribution < 1.29 is 8.42 Å². The van der Waals surface area contributed by atoms with Crippen LogP contribution >= 0.6 is 0 Å². The van der Waals surface area contributed by atoms with Crippen LogP contribution in [0.3, 0.4) is 0 Å². The van der Waals surface area contributed by atoms with E-state index >= 15 is 0 Å². The molecule has 6 nitrogen and oxygen atoms in total. The van der Waals surface area contributed by atoms with Crippen molar-refractivity contribution in [1.82, 2.24) is 19.2 Å². The molecule has 0 heterocycles. The van der Waals surface area contributed by atoms with E-state index in [0.29, 0.717) is 13.1 Å². The van der Waals surface area contributed by atoms with Crippen LogP contribution in [-0.4, -0.2) is 71.5 Å². The topological polar surface area (TPSA) is 64.7 Å². The van der Waals surface area contributed by atoms with Crippen molar-refractivity contribution in [3.63, 3.8) is 0 Å². The summed E-state index contributed by atoms with van der Waals surface area (Å²) in [5.74, 6) is 0. The summed E-state index contributed by atoms with van der Waals surface area (Å²) < 4.78 is 27.8. The van der Waals surface area contributed by atoms with Crippen LogP contribution in [0.4, 0.5) is 0 Å². The normalized spacial score (nSPS) is 12.5. The Morgan fingerprint density at radius 3 is 2.21 bits per heavy atom. The minimum absolute atomic E-state index is 0.508. The summed E-state index contributed by atoms with van der Waals surface area (Å²) in [6.45, 7) is 5.84. The van der Waals surface area contributed by atoms with Crippen LogP contribution in [0.5, 0.6) is 0 Å². The Labute approximate surface area is 118 Å². The zero-order chi connectivity index (χ0) is 14.7. The van der Waals surface area contributed by atoms with Gasteiger partial charge in [0, 0.05) is 20.1 Å². The van der Waals surface area contributed by atoms with Crippen molar-refractivity contribution in [2.24, 2.45) is 0 Å². The van der Waals surface area contributed by atoms with Gasteiger partial charge in [0.25, 0.3) is 10.2 Å². The van der Waals surface area contributed by atoms with Crippen LogP contribution < -0.4 is 10.0 Å². The van der Waals surface area contributed by atoms with Gasteiger partial charge in [0.05, 0.1) is 0 Å². The molecule has 0 aliphatic heterocycles. The SMILES string of the molecule is CCNCCCN(C)S(=O)(=O)NCCCCN(C)C. The van der Waals surface area contributed by atoms with E-state index < -0.39 is 10.2 Å². The van der Waals surface area contributed by atoms with Crippen molar-refractivity contribution in [2.75, 3.05) is 53.9 Å². The largest absolute Gasteiger partial charge is 0.317 e. The standard InChI is InChI=1S/C12H30N4O2S/c1-5-13-9-8-12-16(4)19(17,18)14-10-6-7-11-15(2)3/h13-14H,5-12H2,1-4H3. The highest BCUT2D eigenvalue weighted by molar-refractivity contribution is 7.87. The molecule has 7 heteroatoms. The Bertz CT molecular complexity index is 307. The average molecular weight is 294 g/mol. The number of rotatable bonds is 12. The first-order chi connectivity index (χ1) is 8.90. The first kappa shape index (κ1) is 18.8. The average Bonchev–Trinajstić information content (AvgIpc) is 2.33. The Hall–Kier alpha value is -0.210. The molecule has 0 fully saturated rings. The van der Waals surface area contributed by atoms with Crippen LogP contribution in [-0.2, 0) is 10.2 Å². The van der Waals surface area contributed by atoms with E-state index in [4.69, 9.17) is 0 Å². The van der Waals surface area contributed by atoms with Crippen molar-refractivity contribution >= 4 is 10.2 Å². The quantitative estimate of drug-likeness (QED) is 0.501. The van der Waals surface area contributed by atoms with Gasteiger partial charge >= 0.3 is 0 Å². The maximum absolute atomic E-state index is 11.9. The molecule has 0 radical (unpaired) electrons. The van der Waals surface area contributed by atoms with E-state index in [2.05, 4.69) is 14.9 Å². The lowest BCUT2D eigenvalue weighted by molar-refractivity contribution is 0.393. The van der Waals surface area contributed by atoms with Gasteiger partial charge in [-0.05, 0) is 53.0 Å². The molecular weight excluding hydrogens is 264 g/mol. The molecule has 0 rings (SSSR count). The molecule has 116 valence electrons. The molecule has 0 spiro atoms. The molecule has 0 saturated heterocycles. The molecule has 0 aromatic carbocycles. The first-order valence-electron chi connectivity index (χ1n) is 6.96. The molecule has 0 atom stereocenters. The lowest BCUT2D eigenvalue weighted by atomic mass is 10.3. The van der Waals surface area contributed by atoms with Gasteiger partial charge < -0.3 is 10.2 Å². The van der Waals surface area contributed by atoms with E-state index in [0.717, 1.165) is 38.9 Å². The van der Waals surface area contributed by atoms with Gasteiger partial charge in [-0.2, -0.15) is 12.7 Å². The van der Waals surface area contributed by atoms with Crippen LogP contribution in [0.1, 0.15) is 26.2 Å². The molecule has 0 bridgehead atoms. The molecular formula is C12H30N4O2S. The Morgan fingerprint density at radius 1 is 0.947 bits per heavy atom. The van der Waals surface area contributed by atoms with Crippen molar-refractivity contribution in [3.8, 4) is 0 Å². The molecule has 0 aromatic rings. The zero-order valence-electron chi connectivity index (χ0n) is 12.8. The molecule has 0 saturated carbocycles. The highest BCUT2D eigenvalue weighted by atomic mass is 32.2. The molecule has 2 N–H and O–H groups in total. The third kappa shape index (κ3) is 10.3. The monoisotopic (exact) mass is 294 g/mol. The molecule has 0 aromatic heterocycles. The Kier molecular flexibility index (Phi) is 10.4. The fourth-order valence-corrected chi connectivity index (χ4v) is 2.58. The number of unbranched alkanes of at least 4 members (excludes halogenated alkanes) is 1. The van der Waals surface area contributed by atoms with Crippen LogP contribution in [0, 0.1) is 0 Å². The summed E-state index contributed by atoms with van der Waals surface area (Å²) in [6.07, 6.45) is 2.69. The third-order valence-electron chi connectivity index (χ3n) is 2.80. The Balaban J connectivity index is 3.77. The number of nitrogens with zero attached hydrogens (tertiary/aromatic N) is 2. The molecule has 0 aliphatic carbocycles.